The van der Waals surface area contributed by atoms with Gasteiger partial charge in [0.15, 0.2) is 0 Å². The molecule has 29 heavy (non-hydrogen) atoms. The Balaban J connectivity index is 1.55. The summed E-state index contributed by atoms with van der Waals surface area (Å²) in [4.78, 5) is 24.7. The number of rotatable bonds is 5. The molecule has 0 aliphatic carbocycles. The Labute approximate surface area is 167 Å². The maximum atomic E-state index is 13.2. The van der Waals surface area contributed by atoms with Crippen LogP contribution in [0.2, 0.25) is 0 Å². The second-order valence-corrected chi connectivity index (χ2v) is 6.94. The normalized spacial score (nSPS) is 19.6. The van der Waals surface area contributed by atoms with Crippen LogP contribution < -0.4 is 4.74 Å². The smallest absolute Gasteiger partial charge is 0.393 e. The van der Waals surface area contributed by atoms with E-state index in [0.717, 1.165) is 16.3 Å². The van der Waals surface area contributed by atoms with Gasteiger partial charge in [-0.3, -0.25) is 4.79 Å². The van der Waals surface area contributed by atoms with Crippen molar-refractivity contribution in [3.63, 3.8) is 0 Å². The van der Waals surface area contributed by atoms with Gasteiger partial charge in [0.1, 0.15) is 17.7 Å². The van der Waals surface area contributed by atoms with Crippen LogP contribution in [0.5, 0.6) is 5.75 Å². The third kappa shape index (κ3) is 3.92. The van der Waals surface area contributed by atoms with Gasteiger partial charge < -0.3 is 14.2 Å². The second kappa shape index (κ2) is 7.54. The van der Waals surface area contributed by atoms with Crippen molar-refractivity contribution < 1.29 is 28.2 Å². The van der Waals surface area contributed by atoms with Crippen molar-refractivity contribution in [1.29, 1.82) is 0 Å². The van der Waals surface area contributed by atoms with Gasteiger partial charge in [-0.2, -0.15) is 0 Å². The number of hydrogen-bond acceptors (Lipinski definition) is 5. The molecule has 1 aliphatic rings. The molecule has 1 aliphatic heterocycles. The average molecular weight is 394 g/mol. The van der Waals surface area contributed by atoms with Crippen LogP contribution in [0.1, 0.15) is 31.4 Å². The maximum Gasteiger partial charge on any atom is 0.393 e. The first-order valence-corrected chi connectivity index (χ1v) is 9.31. The van der Waals surface area contributed by atoms with Gasteiger partial charge in [-0.15, -0.1) is 0 Å². The van der Waals surface area contributed by atoms with Crippen LogP contribution in [-0.2, 0) is 19.1 Å². The first-order chi connectivity index (χ1) is 13.9. The minimum Gasteiger partial charge on any atom is -0.452 e. The molecule has 0 saturated carbocycles. The van der Waals surface area contributed by atoms with Crippen molar-refractivity contribution >= 4 is 22.7 Å². The zero-order valence-electron chi connectivity index (χ0n) is 15.8. The second-order valence-electron chi connectivity index (χ2n) is 6.94. The van der Waals surface area contributed by atoms with Crippen LogP contribution in [-0.4, -0.2) is 17.7 Å². The standard InChI is InChI=1S/C23H19FO5/c1-15(17-7-6-16-4-2-3-5-18(16)14-17)27-22(26)23(13-12-21(25)29-23)28-20-10-8-19(24)9-11-20/h2-11,14-15H,12-13H2,1H3/t15-,23+/m1/s1. The summed E-state index contributed by atoms with van der Waals surface area (Å²) in [6.45, 7) is 1.74. The highest BCUT2D eigenvalue weighted by atomic mass is 19.1. The number of fused-ring (bicyclic) bond motifs is 1. The number of benzene rings is 3. The molecule has 0 radical (unpaired) electrons. The van der Waals surface area contributed by atoms with E-state index in [2.05, 4.69) is 0 Å². The number of carbonyl (C=O) groups is 2. The molecule has 4 rings (SSSR count). The van der Waals surface area contributed by atoms with Gasteiger partial charge in [0.05, 0.1) is 6.42 Å². The molecule has 0 N–H and O–H groups in total. The highest BCUT2D eigenvalue weighted by Gasteiger charge is 2.52. The largest absolute Gasteiger partial charge is 0.452 e. The Kier molecular flexibility index (Phi) is 4.92. The Hall–Kier alpha value is -3.41. The van der Waals surface area contributed by atoms with E-state index in [1.807, 2.05) is 42.5 Å². The number of hydrogen-bond donors (Lipinski definition) is 0. The quantitative estimate of drug-likeness (QED) is 0.587. The summed E-state index contributed by atoms with van der Waals surface area (Å²) in [6.07, 6.45) is -0.534. The van der Waals surface area contributed by atoms with E-state index >= 15 is 0 Å². The average Bonchev–Trinajstić information content (AvgIpc) is 3.11. The number of cyclic esters (lactones) is 1. The lowest BCUT2D eigenvalue weighted by Crippen LogP contribution is -2.46. The minimum absolute atomic E-state index is 0.0203. The fourth-order valence-corrected chi connectivity index (χ4v) is 3.28. The molecule has 0 bridgehead atoms. The summed E-state index contributed by atoms with van der Waals surface area (Å²) >= 11 is 0. The van der Waals surface area contributed by atoms with E-state index in [1.54, 1.807) is 6.92 Å². The van der Waals surface area contributed by atoms with Crippen LogP contribution >= 0.6 is 0 Å². The van der Waals surface area contributed by atoms with Crippen molar-refractivity contribution in [2.45, 2.75) is 31.7 Å². The van der Waals surface area contributed by atoms with Crippen molar-refractivity contribution in [2.24, 2.45) is 0 Å². The fraction of sp³-hybridized carbons (Fsp3) is 0.217. The highest BCUT2D eigenvalue weighted by Crippen LogP contribution is 2.33. The van der Waals surface area contributed by atoms with Crippen LogP contribution in [0.4, 0.5) is 4.39 Å². The van der Waals surface area contributed by atoms with Crippen molar-refractivity contribution in [3.8, 4) is 5.75 Å². The zero-order valence-corrected chi connectivity index (χ0v) is 15.8. The molecule has 2 atom stereocenters. The van der Waals surface area contributed by atoms with Crippen LogP contribution in [0.3, 0.4) is 0 Å². The molecule has 1 saturated heterocycles. The predicted octanol–water partition coefficient (Wildman–Crippen LogP) is 4.70. The molecule has 148 valence electrons. The molecular formula is C23H19FO5. The lowest BCUT2D eigenvalue weighted by Gasteiger charge is -2.27. The first-order valence-electron chi connectivity index (χ1n) is 9.31. The topological polar surface area (TPSA) is 61.8 Å². The highest BCUT2D eigenvalue weighted by molar-refractivity contribution is 5.86. The molecule has 1 fully saturated rings. The van der Waals surface area contributed by atoms with E-state index in [4.69, 9.17) is 14.2 Å². The lowest BCUT2D eigenvalue weighted by atomic mass is 10.0. The Bertz CT molecular complexity index is 1060. The van der Waals surface area contributed by atoms with E-state index in [-0.39, 0.29) is 18.6 Å². The van der Waals surface area contributed by atoms with Gasteiger partial charge in [-0.25, -0.2) is 9.18 Å². The van der Waals surface area contributed by atoms with E-state index in [1.165, 1.54) is 24.3 Å². The molecule has 0 aromatic heterocycles. The lowest BCUT2D eigenvalue weighted by molar-refractivity contribution is -0.210. The van der Waals surface area contributed by atoms with Crippen LogP contribution in [0, 0.1) is 5.82 Å². The molecule has 0 spiro atoms. The van der Waals surface area contributed by atoms with Gasteiger partial charge >= 0.3 is 17.7 Å². The van der Waals surface area contributed by atoms with Crippen molar-refractivity contribution in [3.05, 3.63) is 78.1 Å². The molecule has 3 aromatic carbocycles. The molecule has 3 aromatic rings. The molecule has 1 heterocycles. The van der Waals surface area contributed by atoms with E-state index < -0.39 is 29.6 Å². The third-order valence-corrected chi connectivity index (χ3v) is 4.87. The Morgan fingerprint density at radius 2 is 1.79 bits per heavy atom. The molecule has 6 heteroatoms. The summed E-state index contributed by atoms with van der Waals surface area (Å²) in [6, 6.07) is 18.8. The first kappa shape index (κ1) is 18.9. The predicted molar refractivity (Wildman–Crippen MR) is 104 cm³/mol. The number of halogens is 1. The Morgan fingerprint density at radius 1 is 1.07 bits per heavy atom. The molecule has 0 amide bonds. The summed E-state index contributed by atoms with van der Waals surface area (Å²) in [5, 5.41) is 2.10. The van der Waals surface area contributed by atoms with Crippen LogP contribution in [0.25, 0.3) is 10.8 Å². The minimum atomic E-state index is -1.87. The summed E-state index contributed by atoms with van der Waals surface area (Å²) in [5.74, 6) is -3.46. The van der Waals surface area contributed by atoms with Gasteiger partial charge in [0.25, 0.3) is 0 Å². The van der Waals surface area contributed by atoms with Gasteiger partial charge in [-0.1, -0.05) is 36.4 Å². The van der Waals surface area contributed by atoms with Gasteiger partial charge in [0.2, 0.25) is 0 Å². The van der Waals surface area contributed by atoms with Gasteiger partial charge in [-0.05, 0) is 53.6 Å². The van der Waals surface area contributed by atoms with E-state index in [9.17, 15) is 14.0 Å². The van der Waals surface area contributed by atoms with Crippen molar-refractivity contribution in [1.82, 2.24) is 0 Å². The summed E-state index contributed by atoms with van der Waals surface area (Å²) < 4.78 is 29.7. The monoisotopic (exact) mass is 394 g/mol. The number of esters is 2. The molecular weight excluding hydrogens is 375 g/mol. The van der Waals surface area contributed by atoms with Crippen LogP contribution in [0.15, 0.2) is 66.7 Å². The molecule has 0 unspecified atom stereocenters. The fourth-order valence-electron chi connectivity index (χ4n) is 3.28. The molecule has 5 nitrogen and oxygen atoms in total. The number of carbonyl (C=O) groups excluding carboxylic acids is 2. The Morgan fingerprint density at radius 3 is 2.48 bits per heavy atom. The zero-order chi connectivity index (χ0) is 20.4. The maximum absolute atomic E-state index is 13.2. The van der Waals surface area contributed by atoms with Gasteiger partial charge in [0, 0.05) is 6.42 Å². The number of ether oxygens (including phenoxy) is 3. The summed E-state index contributed by atoms with van der Waals surface area (Å²) in [7, 11) is 0. The summed E-state index contributed by atoms with van der Waals surface area (Å²) in [5.41, 5.74) is 0.804. The van der Waals surface area contributed by atoms with Crippen molar-refractivity contribution in [2.75, 3.05) is 0 Å². The third-order valence-electron chi connectivity index (χ3n) is 4.87. The SMILES string of the molecule is C[C@@H](OC(=O)[C@]1(Oc2ccc(F)cc2)CCC(=O)O1)c1ccc2ccccc2c1. The van der Waals surface area contributed by atoms with E-state index in [0.29, 0.717) is 0 Å².